The third kappa shape index (κ3) is 5.39. The second kappa shape index (κ2) is 7.96. The van der Waals surface area contributed by atoms with Gasteiger partial charge in [0, 0.05) is 24.2 Å². The van der Waals surface area contributed by atoms with E-state index in [0.717, 1.165) is 13.1 Å². The molecule has 0 bridgehead atoms. The number of benzene rings is 1. The van der Waals surface area contributed by atoms with Crippen LogP contribution in [0.5, 0.6) is 0 Å². The third-order valence-electron chi connectivity index (χ3n) is 3.61. The minimum absolute atomic E-state index is 0.0751. The van der Waals surface area contributed by atoms with Gasteiger partial charge in [-0.3, -0.25) is 0 Å². The third-order valence-corrected chi connectivity index (χ3v) is 3.96. The maximum Gasteiger partial charge on any atom is 0.127 e. The standard InChI is InChI=1S/C16H25ClFNO/c1-16(2,3)12(11-19-8-9-20-4)10-13-14(17)6-5-7-15(13)18/h5-7,12,19H,8-11H2,1-4H3. The Morgan fingerprint density at radius 3 is 2.60 bits per heavy atom. The van der Waals surface area contributed by atoms with Crippen molar-refractivity contribution in [1.82, 2.24) is 5.32 Å². The molecular weight excluding hydrogens is 277 g/mol. The molecule has 0 saturated carbocycles. The second-order valence-electron chi connectivity index (χ2n) is 6.16. The fourth-order valence-electron chi connectivity index (χ4n) is 2.11. The molecule has 0 aliphatic heterocycles. The number of hydrogen-bond donors (Lipinski definition) is 1. The molecule has 1 atom stereocenters. The van der Waals surface area contributed by atoms with Crippen molar-refractivity contribution in [3.8, 4) is 0 Å². The van der Waals surface area contributed by atoms with Gasteiger partial charge in [0.1, 0.15) is 5.82 Å². The Balaban J connectivity index is 2.75. The van der Waals surface area contributed by atoms with E-state index in [2.05, 4.69) is 26.1 Å². The van der Waals surface area contributed by atoms with Crippen LogP contribution in [0.1, 0.15) is 26.3 Å². The molecule has 1 aromatic rings. The van der Waals surface area contributed by atoms with Crippen LogP contribution in [-0.2, 0) is 11.2 Å². The molecule has 0 saturated heterocycles. The number of nitrogens with one attached hydrogen (secondary N) is 1. The summed E-state index contributed by atoms with van der Waals surface area (Å²) in [6.45, 7) is 8.81. The Bertz CT molecular complexity index is 397. The summed E-state index contributed by atoms with van der Waals surface area (Å²) in [7, 11) is 1.68. The van der Waals surface area contributed by atoms with Crippen LogP contribution < -0.4 is 5.32 Å². The summed E-state index contributed by atoms with van der Waals surface area (Å²) in [6.07, 6.45) is 0.634. The lowest BCUT2D eigenvalue weighted by molar-refractivity contribution is 0.186. The van der Waals surface area contributed by atoms with Gasteiger partial charge in [-0.25, -0.2) is 4.39 Å². The van der Waals surface area contributed by atoms with Crippen molar-refractivity contribution in [3.63, 3.8) is 0 Å². The summed E-state index contributed by atoms with van der Waals surface area (Å²) in [4.78, 5) is 0. The smallest absolute Gasteiger partial charge is 0.127 e. The van der Waals surface area contributed by atoms with Crippen LogP contribution in [0.4, 0.5) is 4.39 Å². The molecule has 1 N–H and O–H groups in total. The van der Waals surface area contributed by atoms with Gasteiger partial charge in [-0.2, -0.15) is 0 Å². The molecular formula is C16H25ClFNO. The van der Waals surface area contributed by atoms with Crippen LogP contribution in [-0.4, -0.2) is 26.8 Å². The van der Waals surface area contributed by atoms with Crippen LogP contribution in [0.2, 0.25) is 5.02 Å². The topological polar surface area (TPSA) is 21.3 Å². The molecule has 0 aliphatic rings. The molecule has 0 spiro atoms. The Labute approximate surface area is 126 Å². The van der Waals surface area contributed by atoms with Gasteiger partial charge in [0.15, 0.2) is 0 Å². The van der Waals surface area contributed by atoms with Crippen molar-refractivity contribution in [2.75, 3.05) is 26.8 Å². The fourth-order valence-corrected chi connectivity index (χ4v) is 2.35. The van der Waals surface area contributed by atoms with Gasteiger partial charge in [0.25, 0.3) is 0 Å². The van der Waals surface area contributed by atoms with Crippen molar-refractivity contribution in [2.45, 2.75) is 27.2 Å². The van der Waals surface area contributed by atoms with Gasteiger partial charge < -0.3 is 10.1 Å². The number of methoxy groups -OCH3 is 1. The SMILES string of the molecule is COCCNCC(Cc1c(F)cccc1Cl)C(C)(C)C. The molecule has 1 unspecified atom stereocenters. The summed E-state index contributed by atoms with van der Waals surface area (Å²) < 4.78 is 18.9. The number of halogens is 2. The highest BCUT2D eigenvalue weighted by Gasteiger charge is 2.26. The minimum atomic E-state index is -0.219. The first kappa shape index (κ1) is 17.4. The van der Waals surface area contributed by atoms with Crippen LogP contribution >= 0.6 is 11.6 Å². The van der Waals surface area contributed by atoms with Crippen LogP contribution in [0, 0.1) is 17.2 Å². The van der Waals surface area contributed by atoms with E-state index in [9.17, 15) is 4.39 Å². The van der Waals surface area contributed by atoms with Crippen molar-refractivity contribution in [1.29, 1.82) is 0 Å². The minimum Gasteiger partial charge on any atom is -0.383 e. The molecule has 4 heteroatoms. The molecule has 2 nitrogen and oxygen atoms in total. The lowest BCUT2D eigenvalue weighted by Gasteiger charge is -2.31. The quantitative estimate of drug-likeness (QED) is 0.771. The zero-order valence-corrected chi connectivity index (χ0v) is 13.6. The number of ether oxygens (including phenoxy) is 1. The van der Waals surface area contributed by atoms with Crippen LogP contribution in [0.25, 0.3) is 0 Å². The van der Waals surface area contributed by atoms with Gasteiger partial charge in [0.05, 0.1) is 6.61 Å². The molecule has 0 heterocycles. The molecule has 20 heavy (non-hydrogen) atoms. The molecule has 0 amide bonds. The second-order valence-corrected chi connectivity index (χ2v) is 6.57. The molecule has 0 aromatic heterocycles. The van der Waals surface area contributed by atoms with Crippen molar-refractivity contribution >= 4 is 11.6 Å². The molecule has 0 fully saturated rings. The summed E-state index contributed by atoms with van der Waals surface area (Å²) in [5.74, 6) is 0.0809. The van der Waals surface area contributed by atoms with Crippen molar-refractivity contribution in [3.05, 3.63) is 34.6 Å². The van der Waals surface area contributed by atoms with Crippen molar-refractivity contribution in [2.24, 2.45) is 11.3 Å². The lowest BCUT2D eigenvalue weighted by atomic mass is 9.77. The summed E-state index contributed by atoms with van der Waals surface area (Å²) in [5, 5.41) is 3.87. The molecule has 1 rings (SSSR count). The zero-order chi connectivity index (χ0) is 15.2. The molecule has 0 radical (unpaired) electrons. The Morgan fingerprint density at radius 2 is 2.05 bits per heavy atom. The fraction of sp³-hybridized carbons (Fsp3) is 0.625. The van der Waals surface area contributed by atoms with Gasteiger partial charge in [0.2, 0.25) is 0 Å². The lowest BCUT2D eigenvalue weighted by Crippen LogP contribution is -2.35. The Kier molecular flexibility index (Phi) is 6.93. The number of rotatable bonds is 7. The van der Waals surface area contributed by atoms with E-state index in [0.29, 0.717) is 29.5 Å². The predicted octanol–water partition coefficient (Wildman–Crippen LogP) is 3.92. The van der Waals surface area contributed by atoms with Gasteiger partial charge in [-0.15, -0.1) is 0 Å². The highest BCUT2D eigenvalue weighted by Crippen LogP contribution is 2.31. The normalized spacial score (nSPS) is 13.5. The summed E-state index contributed by atoms with van der Waals surface area (Å²) in [5.41, 5.74) is 0.689. The van der Waals surface area contributed by atoms with E-state index in [4.69, 9.17) is 16.3 Å². The number of hydrogen-bond acceptors (Lipinski definition) is 2. The monoisotopic (exact) mass is 301 g/mol. The van der Waals surface area contributed by atoms with E-state index in [1.807, 2.05) is 0 Å². The van der Waals surface area contributed by atoms with E-state index in [1.54, 1.807) is 19.2 Å². The Morgan fingerprint density at radius 1 is 1.35 bits per heavy atom. The van der Waals surface area contributed by atoms with Gasteiger partial charge >= 0.3 is 0 Å². The predicted molar refractivity (Wildman–Crippen MR) is 82.8 cm³/mol. The van der Waals surface area contributed by atoms with Gasteiger partial charge in [-0.05, 0) is 36.4 Å². The molecule has 0 aliphatic carbocycles. The maximum atomic E-state index is 13.9. The van der Waals surface area contributed by atoms with Crippen LogP contribution in [0.3, 0.4) is 0 Å². The Hall–Kier alpha value is -0.640. The molecule has 1 aromatic carbocycles. The summed E-state index contributed by atoms with van der Waals surface area (Å²) >= 11 is 6.13. The van der Waals surface area contributed by atoms with Crippen molar-refractivity contribution < 1.29 is 9.13 Å². The highest BCUT2D eigenvalue weighted by atomic mass is 35.5. The average molecular weight is 302 g/mol. The van der Waals surface area contributed by atoms with Crippen LogP contribution in [0.15, 0.2) is 18.2 Å². The van der Waals surface area contributed by atoms with E-state index >= 15 is 0 Å². The van der Waals surface area contributed by atoms with E-state index in [1.165, 1.54) is 6.07 Å². The average Bonchev–Trinajstić information content (AvgIpc) is 2.35. The first-order valence-electron chi connectivity index (χ1n) is 6.98. The maximum absolute atomic E-state index is 13.9. The van der Waals surface area contributed by atoms with E-state index < -0.39 is 0 Å². The first-order chi connectivity index (χ1) is 9.36. The highest BCUT2D eigenvalue weighted by molar-refractivity contribution is 6.31. The zero-order valence-electron chi connectivity index (χ0n) is 12.8. The molecule has 114 valence electrons. The summed E-state index contributed by atoms with van der Waals surface area (Å²) in [6, 6.07) is 4.86. The largest absolute Gasteiger partial charge is 0.383 e. The first-order valence-corrected chi connectivity index (χ1v) is 7.36. The van der Waals surface area contributed by atoms with E-state index in [-0.39, 0.29) is 11.2 Å². The van der Waals surface area contributed by atoms with Gasteiger partial charge in [-0.1, -0.05) is 38.4 Å².